The first-order valence-electron chi connectivity index (χ1n) is 9.83. The number of carbonyl (C=O) groups excluding carboxylic acids is 2. The molecule has 1 aliphatic heterocycles. The molecule has 2 aromatic carbocycles. The van der Waals surface area contributed by atoms with Crippen LogP contribution < -0.4 is 5.73 Å². The fourth-order valence-electron chi connectivity index (χ4n) is 3.98. The Balaban J connectivity index is 1.48. The molecule has 4 rings (SSSR count). The van der Waals surface area contributed by atoms with Crippen LogP contribution in [0.25, 0.3) is 10.9 Å². The molecule has 5 nitrogen and oxygen atoms in total. The molecule has 2 amide bonds. The minimum absolute atomic E-state index is 0.0271. The molecule has 154 valence electrons. The Hall–Kier alpha value is -2.63. The van der Waals surface area contributed by atoms with Gasteiger partial charge in [0.1, 0.15) is 0 Å². The van der Waals surface area contributed by atoms with E-state index in [4.69, 9.17) is 33.9 Å². The Morgan fingerprint density at radius 1 is 1.07 bits per heavy atom. The van der Waals surface area contributed by atoms with Gasteiger partial charge in [-0.2, -0.15) is 0 Å². The van der Waals surface area contributed by atoms with Crippen molar-refractivity contribution in [3.05, 3.63) is 75.4 Å². The summed E-state index contributed by atoms with van der Waals surface area (Å²) >= 11 is 12.1. The molecule has 7 heteroatoms. The standard InChI is InChI=1S/C23H21Cl2N3O2/c24-17-6-5-15(19(25)13-17)12-21(29)28-9-7-14(8-10-28)22-18(23(26)30)11-16-3-1-2-4-20(16)27-22/h1-6,11,13-14H,7-10,12H2,(H2,26,30). The minimum atomic E-state index is -0.473. The zero-order valence-corrected chi connectivity index (χ0v) is 17.8. The van der Waals surface area contributed by atoms with Crippen LogP contribution in [0.2, 0.25) is 10.0 Å². The SMILES string of the molecule is NC(=O)c1cc2ccccc2nc1C1CCN(C(=O)Cc2ccc(Cl)cc2Cl)CC1. The van der Waals surface area contributed by atoms with E-state index in [0.717, 1.165) is 35.0 Å². The number of likely N-dealkylation sites (tertiary alicyclic amines) is 1. The van der Waals surface area contributed by atoms with Gasteiger partial charge in [-0.1, -0.05) is 47.5 Å². The highest BCUT2D eigenvalue weighted by atomic mass is 35.5. The monoisotopic (exact) mass is 441 g/mol. The molecule has 1 aliphatic rings. The summed E-state index contributed by atoms with van der Waals surface area (Å²) in [7, 11) is 0. The van der Waals surface area contributed by atoms with Crippen molar-refractivity contribution < 1.29 is 9.59 Å². The number of para-hydroxylation sites is 1. The lowest BCUT2D eigenvalue weighted by Crippen LogP contribution is -2.39. The van der Waals surface area contributed by atoms with E-state index < -0.39 is 5.91 Å². The van der Waals surface area contributed by atoms with Crippen LogP contribution in [0.4, 0.5) is 0 Å². The normalized spacial score (nSPS) is 14.8. The summed E-state index contributed by atoms with van der Waals surface area (Å²) in [6.07, 6.45) is 1.69. The first-order valence-corrected chi connectivity index (χ1v) is 10.6. The second-order valence-corrected chi connectivity index (χ2v) is 8.39. The number of benzene rings is 2. The average molecular weight is 442 g/mol. The van der Waals surface area contributed by atoms with Crippen LogP contribution >= 0.6 is 23.2 Å². The lowest BCUT2D eigenvalue weighted by molar-refractivity contribution is -0.131. The average Bonchev–Trinajstić information content (AvgIpc) is 2.74. The van der Waals surface area contributed by atoms with Crippen LogP contribution in [0.3, 0.4) is 0 Å². The van der Waals surface area contributed by atoms with Crippen molar-refractivity contribution in [1.82, 2.24) is 9.88 Å². The number of nitrogens with two attached hydrogens (primary N) is 1. The van der Waals surface area contributed by atoms with E-state index in [2.05, 4.69) is 0 Å². The molecule has 1 saturated heterocycles. The van der Waals surface area contributed by atoms with Gasteiger partial charge in [-0.15, -0.1) is 0 Å². The summed E-state index contributed by atoms with van der Waals surface area (Å²) in [5.74, 6) is -0.362. The van der Waals surface area contributed by atoms with Gasteiger partial charge in [0, 0.05) is 34.4 Å². The van der Waals surface area contributed by atoms with Crippen LogP contribution in [-0.4, -0.2) is 34.8 Å². The molecular formula is C23H21Cl2N3O2. The van der Waals surface area contributed by atoms with Gasteiger partial charge in [-0.3, -0.25) is 14.6 Å². The van der Waals surface area contributed by atoms with Gasteiger partial charge in [-0.25, -0.2) is 0 Å². The number of fused-ring (bicyclic) bond motifs is 1. The van der Waals surface area contributed by atoms with Crippen molar-refractivity contribution in [2.75, 3.05) is 13.1 Å². The Morgan fingerprint density at radius 3 is 2.50 bits per heavy atom. The molecule has 0 radical (unpaired) electrons. The first kappa shape index (κ1) is 20.6. The number of aromatic nitrogens is 1. The highest BCUT2D eigenvalue weighted by molar-refractivity contribution is 6.35. The van der Waals surface area contributed by atoms with E-state index in [1.54, 1.807) is 18.2 Å². The summed E-state index contributed by atoms with van der Waals surface area (Å²) in [5, 5.41) is 1.94. The molecule has 0 unspecified atom stereocenters. The lowest BCUT2D eigenvalue weighted by Gasteiger charge is -2.32. The zero-order valence-electron chi connectivity index (χ0n) is 16.3. The molecule has 0 atom stereocenters. The minimum Gasteiger partial charge on any atom is -0.366 e. The number of hydrogen-bond donors (Lipinski definition) is 1. The highest BCUT2D eigenvalue weighted by Crippen LogP contribution is 2.31. The molecule has 2 heterocycles. The second-order valence-electron chi connectivity index (χ2n) is 7.55. The van der Waals surface area contributed by atoms with Gasteiger partial charge in [0.25, 0.3) is 5.91 Å². The number of amides is 2. The third-order valence-electron chi connectivity index (χ3n) is 5.61. The topological polar surface area (TPSA) is 76.3 Å². The fourth-order valence-corrected chi connectivity index (χ4v) is 4.46. The van der Waals surface area contributed by atoms with Crippen molar-refractivity contribution >= 4 is 45.9 Å². The van der Waals surface area contributed by atoms with Gasteiger partial charge in [-0.05, 0) is 42.7 Å². The molecule has 0 saturated carbocycles. The Bertz CT molecular complexity index is 1120. The van der Waals surface area contributed by atoms with Crippen LogP contribution in [0.1, 0.15) is 40.4 Å². The van der Waals surface area contributed by atoms with E-state index in [9.17, 15) is 9.59 Å². The summed E-state index contributed by atoms with van der Waals surface area (Å²) in [4.78, 5) is 31.4. The van der Waals surface area contributed by atoms with Crippen molar-refractivity contribution in [2.45, 2.75) is 25.2 Å². The van der Waals surface area contributed by atoms with Crippen molar-refractivity contribution in [2.24, 2.45) is 5.73 Å². The number of piperidine rings is 1. The molecular weight excluding hydrogens is 421 g/mol. The Morgan fingerprint density at radius 2 is 1.80 bits per heavy atom. The van der Waals surface area contributed by atoms with Crippen molar-refractivity contribution in [3.8, 4) is 0 Å². The molecule has 2 N–H and O–H groups in total. The smallest absolute Gasteiger partial charge is 0.250 e. The number of primary amides is 1. The van der Waals surface area contributed by atoms with Crippen molar-refractivity contribution in [3.63, 3.8) is 0 Å². The number of rotatable bonds is 4. The number of carbonyl (C=O) groups is 2. The van der Waals surface area contributed by atoms with Crippen LogP contribution in [-0.2, 0) is 11.2 Å². The maximum atomic E-state index is 12.7. The highest BCUT2D eigenvalue weighted by Gasteiger charge is 2.28. The van der Waals surface area contributed by atoms with Crippen LogP contribution in [0.5, 0.6) is 0 Å². The molecule has 1 aromatic heterocycles. The van der Waals surface area contributed by atoms with Gasteiger partial charge < -0.3 is 10.6 Å². The molecule has 1 fully saturated rings. The van der Waals surface area contributed by atoms with Gasteiger partial charge >= 0.3 is 0 Å². The third-order valence-corrected chi connectivity index (χ3v) is 6.20. The largest absolute Gasteiger partial charge is 0.366 e. The lowest BCUT2D eigenvalue weighted by atomic mass is 9.89. The van der Waals surface area contributed by atoms with E-state index in [1.807, 2.05) is 35.2 Å². The first-order chi connectivity index (χ1) is 14.4. The third kappa shape index (κ3) is 4.27. The predicted octanol–water partition coefficient (Wildman–Crippen LogP) is 4.59. The molecule has 30 heavy (non-hydrogen) atoms. The maximum absolute atomic E-state index is 12.7. The van der Waals surface area contributed by atoms with Crippen LogP contribution in [0, 0.1) is 0 Å². The van der Waals surface area contributed by atoms with E-state index in [0.29, 0.717) is 28.7 Å². The van der Waals surface area contributed by atoms with E-state index >= 15 is 0 Å². The van der Waals surface area contributed by atoms with Gasteiger partial charge in [0.2, 0.25) is 5.91 Å². The van der Waals surface area contributed by atoms with Crippen LogP contribution in [0.15, 0.2) is 48.5 Å². The quantitative estimate of drug-likeness (QED) is 0.642. The summed E-state index contributed by atoms with van der Waals surface area (Å²) in [6.45, 7) is 1.20. The molecule has 0 aliphatic carbocycles. The predicted molar refractivity (Wildman–Crippen MR) is 119 cm³/mol. The Kier molecular flexibility index (Phi) is 5.93. The van der Waals surface area contributed by atoms with Gasteiger partial charge in [0.15, 0.2) is 0 Å². The summed E-state index contributed by atoms with van der Waals surface area (Å²) < 4.78 is 0. The van der Waals surface area contributed by atoms with E-state index in [-0.39, 0.29) is 18.2 Å². The molecule has 0 bridgehead atoms. The zero-order chi connectivity index (χ0) is 21.3. The second kappa shape index (κ2) is 8.62. The number of halogens is 2. The maximum Gasteiger partial charge on any atom is 0.250 e. The van der Waals surface area contributed by atoms with Gasteiger partial charge in [0.05, 0.1) is 23.2 Å². The fraction of sp³-hybridized carbons (Fsp3) is 0.261. The van der Waals surface area contributed by atoms with E-state index in [1.165, 1.54) is 0 Å². The number of nitrogens with zero attached hydrogens (tertiary/aromatic N) is 2. The molecule has 3 aromatic rings. The number of pyridine rings is 1. The summed E-state index contributed by atoms with van der Waals surface area (Å²) in [6, 6.07) is 14.7. The summed E-state index contributed by atoms with van der Waals surface area (Å²) in [5.41, 5.74) is 8.43. The molecule has 0 spiro atoms. The Labute approximate surface area is 184 Å². The number of hydrogen-bond acceptors (Lipinski definition) is 3. The van der Waals surface area contributed by atoms with Crippen molar-refractivity contribution in [1.29, 1.82) is 0 Å².